The predicted octanol–water partition coefficient (Wildman–Crippen LogP) is 0.796. The summed E-state index contributed by atoms with van der Waals surface area (Å²) in [5.74, 6) is 0. The van der Waals surface area contributed by atoms with Crippen molar-refractivity contribution in [3.8, 4) is 0 Å². The lowest BCUT2D eigenvalue weighted by Crippen LogP contribution is -2.21. The minimum atomic E-state index is 0.101. The van der Waals surface area contributed by atoms with Gasteiger partial charge in [0, 0.05) is 6.04 Å². The zero-order valence-electron chi connectivity index (χ0n) is 7.51. The van der Waals surface area contributed by atoms with Crippen molar-refractivity contribution < 1.29 is 0 Å². The molecule has 2 rings (SSSR count). The molecule has 1 aromatic rings. The van der Waals surface area contributed by atoms with E-state index in [1.807, 2.05) is 12.3 Å². The Bertz CT molecular complexity index is 348. The first-order valence-electron chi connectivity index (χ1n) is 4.27. The molecular formula is C9H12N4. The summed E-state index contributed by atoms with van der Waals surface area (Å²) in [5.41, 5.74) is 8.13. The van der Waals surface area contributed by atoms with Crippen LogP contribution in [-0.2, 0) is 0 Å². The summed E-state index contributed by atoms with van der Waals surface area (Å²) in [5, 5.41) is 7.66. The minimum Gasteiger partial charge on any atom is -0.324 e. The van der Waals surface area contributed by atoms with Gasteiger partial charge in [-0.25, -0.2) is 4.68 Å². The highest BCUT2D eigenvalue weighted by atomic mass is 15.4. The van der Waals surface area contributed by atoms with Crippen molar-refractivity contribution in [3.05, 3.63) is 30.1 Å². The Morgan fingerprint density at radius 3 is 3.08 bits per heavy atom. The van der Waals surface area contributed by atoms with E-state index in [0.29, 0.717) is 0 Å². The van der Waals surface area contributed by atoms with Gasteiger partial charge in [0.25, 0.3) is 0 Å². The Morgan fingerprint density at radius 2 is 2.46 bits per heavy atom. The van der Waals surface area contributed by atoms with Crippen molar-refractivity contribution in [1.82, 2.24) is 15.0 Å². The van der Waals surface area contributed by atoms with Gasteiger partial charge in [0.2, 0.25) is 0 Å². The van der Waals surface area contributed by atoms with Crippen molar-refractivity contribution in [2.45, 2.75) is 19.4 Å². The predicted molar refractivity (Wildman–Crippen MR) is 50.6 cm³/mol. The molecular weight excluding hydrogens is 164 g/mol. The van der Waals surface area contributed by atoms with Crippen LogP contribution in [0.5, 0.6) is 0 Å². The molecule has 2 N–H and O–H groups in total. The van der Waals surface area contributed by atoms with E-state index in [-0.39, 0.29) is 6.04 Å². The summed E-state index contributed by atoms with van der Waals surface area (Å²) in [6.45, 7) is 2.07. The fraction of sp³-hybridized carbons (Fsp3) is 0.333. The van der Waals surface area contributed by atoms with E-state index in [4.69, 9.17) is 5.73 Å². The first-order chi connectivity index (χ1) is 6.25. The van der Waals surface area contributed by atoms with Gasteiger partial charge in [-0.15, -0.1) is 5.10 Å². The fourth-order valence-electron chi connectivity index (χ4n) is 1.50. The highest BCUT2D eigenvalue weighted by molar-refractivity contribution is 5.60. The summed E-state index contributed by atoms with van der Waals surface area (Å²) in [7, 11) is 0. The van der Waals surface area contributed by atoms with E-state index in [1.54, 1.807) is 10.9 Å². The summed E-state index contributed by atoms with van der Waals surface area (Å²) >= 11 is 0. The molecule has 68 valence electrons. The third-order valence-electron chi connectivity index (χ3n) is 2.02. The van der Waals surface area contributed by atoms with Gasteiger partial charge in [0.15, 0.2) is 0 Å². The third kappa shape index (κ3) is 1.67. The number of hydrogen-bond acceptors (Lipinski definition) is 3. The second-order valence-electron chi connectivity index (χ2n) is 3.30. The van der Waals surface area contributed by atoms with Crippen LogP contribution in [0.15, 0.2) is 30.1 Å². The zero-order chi connectivity index (χ0) is 9.26. The maximum absolute atomic E-state index is 5.84. The Morgan fingerprint density at radius 1 is 1.62 bits per heavy atom. The highest BCUT2D eigenvalue weighted by Crippen LogP contribution is 2.18. The maximum atomic E-state index is 5.84. The zero-order valence-corrected chi connectivity index (χ0v) is 7.51. The molecule has 1 atom stereocenters. The normalized spacial score (nSPS) is 22.5. The molecule has 1 aliphatic carbocycles. The van der Waals surface area contributed by atoms with Crippen molar-refractivity contribution in [3.63, 3.8) is 0 Å². The molecule has 1 aliphatic rings. The monoisotopic (exact) mass is 176 g/mol. The van der Waals surface area contributed by atoms with Gasteiger partial charge in [-0.05, 0) is 25.5 Å². The lowest BCUT2D eigenvalue weighted by molar-refractivity contribution is 0.761. The lowest BCUT2D eigenvalue weighted by Gasteiger charge is -2.15. The largest absolute Gasteiger partial charge is 0.324 e. The molecule has 0 bridgehead atoms. The van der Waals surface area contributed by atoms with Gasteiger partial charge in [-0.2, -0.15) is 0 Å². The Balaban J connectivity index is 2.34. The van der Waals surface area contributed by atoms with E-state index in [1.165, 1.54) is 5.57 Å². The molecule has 0 amide bonds. The SMILES string of the molecule is CC1=CC(n2ccnn2)=CC(N)C1. The molecule has 0 spiro atoms. The van der Waals surface area contributed by atoms with E-state index >= 15 is 0 Å². The van der Waals surface area contributed by atoms with Crippen molar-refractivity contribution >= 4 is 5.70 Å². The van der Waals surface area contributed by atoms with Gasteiger partial charge >= 0.3 is 0 Å². The molecule has 0 aliphatic heterocycles. The molecule has 13 heavy (non-hydrogen) atoms. The molecule has 4 nitrogen and oxygen atoms in total. The van der Waals surface area contributed by atoms with Crippen molar-refractivity contribution in [2.24, 2.45) is 5.73 Å². The van der Waals surface area contributed by atoms with Crippen molar-refractivity contribution in [2.75, 3.05) is 0 Å². The average Bonchev–Trinajstić information content (AvgIpc) is 2.53. The van der Waals surface area contributed by atoms with E-state index in [9.17, 15) is 0 Å². The van der Waals surface area contributed by atoms with Gasteiger partial charge in [0.05, 0.1) is 18.1 Å². The van der Waals surface area contributed by atoms with Crippen LogP contribution in [0, 0.1) is 0 Å². The Hall–Kier alpha value is -1.42. The van der Waals surface area contributed by atoms with Crippen LogP contribution in [0.1, 0.15) is 13.3 Å². The topological polar surface area (TPSA) is 56.7 Å². The second-order valence-corrected chi connectivity index (χ2v) is 3.30. The minimum absolute atomic E-state index is 0.101. The van der Waals surface area contributed by atoms with Gasteiger partial charge in [0.1, 0.15) is 0 Å². The summed E-state index contributed by atoms with van der Waals surface area (Å²) < 4.78 is 1.72. The van der Waals surface area contributed by atoms with Crippen LogP contribution in [-0.4, -0.2) is 21.0 Å². The van der Waals surface area contributed by atoms with E-state index in [2.05, 4.69) is 23.3 Å². The molecule has 0 aromatic carbocycles. The molecule has 0 radical (unpaired) electrons. The smallest absolute Gasteiger partial charge is 0.0697 e. The van der Waals surface area contributed by atoms with Crippen LogP contribution in [0.3, 0.4) is 0 Å². The maximum Gasteiger partial charge on any atom is 0.0697 e. The first kappa shape index (κ1) is 8.19. The standard InChI is InChI=1S/C9H12N4/c1-7-4-8(10)6-9(5-7)13-3-2-11-12-13/h2-3,5-6,8H,4,10H2,1H3. The third-order valence-corrected chi connectivity index (χ3v) is 2.02. The fourth-order valence-corrected chi connectivity index (χ4v) is 1.50. The number of nitrogens with two attached hydrogens (primary N) is 1. The molecule has 1 aromatic heterocycles. The first-order valence-corrected chi connectivity index (χ1v) is 4.27. The van der Waals surface area contributed by atoms with Gasteiger partial charge in [-0.3, -0.25) is 0 Å². The van der Waals surface area contributed by atoms with Gasteiger partial charge in [-0.1, -0.05) is 10.8 Å². The molecule has 1 unspecified atom stereocenters. The molecule has 0 saturated carbocycles. The molecule has 1 heterocycles. The summed E-state index contributed by atoms with van der Waals surface area (Å²) in [4.78, 5) is 0. The van der Waals surface area contributed by atoms with Crippen LogP contribution in [0.25, 0.3) is 5.70 Å². The summed E-state index contributed by atoms with van der Waals surface area (Å²) in [6, 6.07) is 0.101. The van der Waals surface area contributed by atoms with Crippen molar-refractivity contribution in [1.29, 1.82) is 0 Å². The summed E-state index contributed by atoms with van der Waals surface area (Å²) in [6.07, 6.45) is 8.48. The average molecular weight is 176 g/mol. The van der Waals surface area contributed by atoms with Crippen LogP contribution < -0.4 is 5.73 Å². The van der Waals surface area contributed by atoms with Crippen LogP contribution in [0.2, 0.25) is 0 Å². The highest BCUT2D eigenvalue weighted by Gasteiger charge is 2.10. The number of hydrogen-bond donors (Lipinski definition) is 1. The number of aromatic nitrogens is 3. The van der Waals surface area contributed by atoms with Crippen LogP contribution >= 0.6 is 0 Å². The van der Waals surface area contributed by atoms with Crippen LogP contribution in [0.4, 0.5) is 0 Å². The number of nitrogens with zero attached hydrogens (tertiary/aromatic N) is 3. The molecule has 0 fully saturated rings. The lowest BCUT2D eigenvalue weighted by atomic mass is 10.0. The Labute approximate surface area is 76.7 Å². The van der Waals surface area contributed by atoms with E-state index < -0.39 is 0 Å². The number of allylic oxidation sites excluding steroid dienone is 2. The molecule has 4 heteroatoms. The van der Waals surface area contributed by atoms with Gasteiger partial charge < -0.3 is 5.73 Å². The molecule has 0 saturated heterocycles. The van der Waals surface area contributed by atoms with E-state index in [0.717, 1.165) is 12.1 Å². The quantitative estimate of drug-likeness (QED) is 0.688. The number of rotatable bonds is 1. The Kier molecular flexibility index (Phi) is 1.98. The second kappa shape index (κ2) is 3.14.